The van der Waals surface area contributed by atoms with Crippen LogP contribution < -0.4 is 9.47 Å². The van der Waals surface area contributed by atoms with Gasteiger partial charge in [-0.3, -0.25) is 4.90 Å². The molecule has 0 spiro atoms. The van der Waals surface area contributed by atoms with E-state index in [0.717, 1.165) is 40.0 Å². The first-order valence-electron chi connectivity index (χ1n) is 11.5. The zero-order valence-corrected chi connectivity index (χ0v) is 19.5. The number of rotatable bonds is 7. The van der Waals surface area contributed by atoms with Gasteiger partial charge in [0.2, 0.25) is 0 Å². The minimum atomic E-state index is -0.241. The molecule has 1 saturated heterocycles. The monoisotopic (exact) mass is 463 g/mol. The van der Waals surface area contributed by atoms with Gasteiger partial charge in [-0.1, -0.05) is 37.6 Å². The van der Waals surface area contributed by atoms with Crippen molar-refractivity contribution < 1.29 is 19.7 Å². The Morgan fingerprint density at radius 1 is 0.970 bits per heavy atom. The Morgan fingerprint density at radius 2 is 1.76 bits per heavy atom. The average molecular weight is 464 g/mol. The number of phenols is 2. The maximum atomic E-state index is 10.0. The van der Waals surface area contributed by atoms with Crippen LogP contribution in [-0.4, -0.2) is 41.4 Å². The smallest absolute Gasteiger partial charge is 0.140 e. The van der Waals surface area contributed by atoms with Crippen LogP contribution in [-0.2, 0) is 0 Å². The van der Waals surface area contributed by atoms with Crippen molar-refractivity contribution in [1.82, 2.24) is 4.90 Å². The van der Waals surface area contributed by atoms with E-state index < -0.39 is 0 Å². The van der Waals surface area contributed by atoms with Gasteiger partial charge in [-0.05, 0) is 59.5 Å². The van der Waals surface area contributed by atoms with Crippen molar-refractivity contribution in [2.45, 2.75) is 29.6 Å². The zero-order valence-electron chi connectivity index (χ0n) is 18.7. The quantitative estimate of drug-likeness (QED) is 0.463. The van der Waals surface area contributed by atoms with Crippen LogP contribution >= 0.6 is 11.8 Å². The summed E-state index contributed by atoms with van der Waals surface area (Å²) in [6.45, 7) is 6.27. The molecule has 1 fully saturated rings. The van der Waals surface area contributed by atoms with Gasteiger partial charge in [0.25, 0.3) is 0 Å². The molecule has 172 valence electrons. The number of phenolic OH excluding ortho intramolecular Hbond substituents is 2. The van der Waals surface area contributed by atoms with E-state index in [1.54, 1.807) is 42.1 Å². The molecular formula is C27H29NO4S. The molecule has 5 rings (SSSR count). The number of hydrogen-bond acceptors (Lipinski definition) is 6. The maximum Gasteiger partial charge on any atom is 0.140 e. The predicted octanol–water partition coefficient (Wildman–Crippen LogP) is 5.79. The number of likely N-dealkylation sites (tertiary alicyclic amines) is 1. The molecule has 0 amide bonds. The van der Waals surface area contributed by atoms with Crippen LogP contribution in [0.5, 0.6) is 23.0 Å². The van der Waals surface area contributed by atoms with Gasteiger partial charge < -0.3 is 19.7 Å². The summed E-state index contributed by atoms with van der Waals surface area (Å²) in [6, 6.07) is 20.6. The van der Waals surface area contributed by atoms with Gasteiger partial charge in [0.05, 0.1) is 10.1 Å². The molecule has 2 aliphatic heterocycles. The summed E-state index contributed by atoms with van der Waals surface area (Å²) in [5.74, 6) is 2.90. The lowest BCUT2D eigenvalue weighted by atomic mass is 9.98. The Hall–Kier alpha value is -2.83. The average Bonchev–Trinajstić information content (AvgIpc) is 2.80. The van der Waals surface area contributed by atoms with Crippen LogP contribution in [0.15, 0.2) is 71.6 Å². The minimum Gasteiger partial charge on any atom is -0.508 e. The molecule has 2 unspecified atom stereocenters. The summed E-state index contributed by atoms with van der Waals surface area (Å²) in [5.41, 5.74) is 2.01. The normalized spacial score (nSPS) is 20.5. The van der Waals surface area contributed by atoms with Gasteiger partial charge in [-0.15, -0.1) is 11.8 Å². The fourth-order valence-electron chi connectivity index (χ4n) is 4.43. The van der Waals surface area contributed by atoms with Crippen molar-refractivity contribution in [3.8, 4) is 23.0 Å². The Balaban J connectivity index is 1.31. The van der Waals surface area contributed by atoms with Gasteiger partial charge in [-0.2, -0.15) is 0 Å². The number of nitrogens with zero attached hydrogens (tertiary/aromatic N) is 1. The van der Waals surface area contributed by atoms with E-state index in [0.29, 0.717) is 6.61 Å². The van der Waals surface area contributed by atoms with Gasteiger partial charge in [-0.25, -0.2) is 0 Å². The van der Waals surface area contributed by atoms with E-state index in [2.05, 4.69) is 24.0 Å². The first-order valence-corrected chi connectivity index (χ1v) is 12.4. The Labute approximate surface area is 199 Å². The molecule has 0 aromatic heterocycles. The van der Waals surface area contributed by atoms with E-state index in [1.807, 2.05) is 24.3 Å². The van der Waals surface area contributed by atoms with Gasteiger partial charge in [0.15, 0.2) is 0 Å². The van der Waals surface area contributed by atoms with Crippen molar-refractivity contribution in [3.05, 3.63) is 77.9 Å². The highest BCUT2D eigenvalue weighted by Crippen LogP contribution is 2.54. The van der Waals surface area contributed by atoms with E-state index in [9.17, 15) is 10.2 Å². The lowest BCUT2D eigenvalue weighted by Crippen LogP contribution is -2.47. The highest BCUT2D eigenvalue weighted by Gasteiger charge is 2.34. The summed E-state index contributed by atoms with van der Waals surface area (Å²) in [5, 5.41) is 19.9. The summed E-state index contributed by atoms with van der Waals surface area (Å²) >= 11 is 1.64. The highest BCUT2D eigenvalue weighted by atomic mass is 32.2. The molecular weight excluding hydrogens is 434 g/mol. The SMILES string of the molecule is CCC1CN(CCOc2ccc(C3Oc4ccc(O)cc4SC3c3cccc(O)c3)cc2)C1. The third-order valence-corrected chi connectivity index (χ3v) is 7.75. The third kappa shape index (κ3) is 4.92. The number of aromatic hydroxyl groups is 2. The van der Waals surface area contributed by atoms with Gasteiger partial charge in [0.1, 0.15) is 35.7 Å². The number of fused-ring (bicyclic) bond motifs is 1. The molecule has 0 radical (unpaired) electrons. The van der Waals surface area contributed by atoms with E-state index in [-0.39, 0.29) is 22.9 Å². The molecule has 2 aliphatic rings. The van der Waals surface area contributed by atoms with E-state index in [4.69, 9.17) is 9.47 Å². The van der Waals surface area contributed by atoms with Crippen LogP contribution in [0.25, 0.3) is 0 Å². The molecule has 2 N–H and O–H groups in total. The Kier molecular flexibility index (Phi) is 6.38. The first-order chi connectivity index (χ1) is 16.1. The van der Waals surface area contributed by atoms with Crippen molar-refractivity contribution in [2.24, 2.45) is 5.92 Å². The molecule has 2 atom stereocenters. The Morgan fingerprint density at radius 3 is 2.52 bits per heavy atom. The van der Waals surface area contributed by atoms with Crippen molar-refractivity contribution >= 4 is 11.8 Å². The standard InChI is InChI=1S/C27H29NO4S/c1-2-18-16-28(17-18)12-13-31-23-9-6-19(7-10-23)26-27(20-4-3-5-21(29)14-20)33-25-15-22(30)8-11-24(25)32-26/h3-11,14-15,18,26-27,29-30H,2,12-13,16-17H2,1H3. The first kappa shape index (κ1) is 22.0. The summed E-state index contributed by atoms with van der Waals surface area (Å²) < 4.78 is 12.4. The number of hydrogen-bond donors (Lipinski definition) is 2. The van der Waals surface area contributed by atoms with Gasteiger partial charge in [0, 0.05) is 19.6 Å². The maximum absolute atomic E-state index is 10.0. The Bertz CT molecular complexity index is 1100. The van der Waals surface area contributed by atoms with E-state index in [1.165, 1.54) is 19.5 Å². The second-order valence-corrected chi connectivity index (χ2v) is 9.94. The molecule has 3 aromatic carbocycles. The fourth-order valence-corrected chi connectivity index (χ4v) is 5.75. The third-order valence-electron chi connectivity index (χ3n) is 6.40. The predicted molar refractivity (Wildman–Crippen MR) is 130 cm³/mol. The molecule has 5 nitrogen and oxygen atoms in total. The number of thioether (sulfide) groups is 1. The topological polar surface area (TPSA) is 62.2 Å². The lowest BCUT2D eigenvalue weighted by molar-refractivity contribution is 0.0806. The minimum absolute atomic E-state index is 0.0731. The number of benzene rings is 3. The second kappa shape index (κ2) is 9.57. The number of ether oxygens (including phenoxy) is 2. The van der Waals surface area contributed by atoms with Crippen molar-refractivity contribution in [2.75, 3.05) is 26.2 Å². The highest BCUT2D eigenvalue weighted by molar-refractivity contribution is 7.99. The van der Waals surface area contributed by atoms with Crippen LogP contribution in [0.3, 0.4) is 0 Å². The molecule has 0 saturated carbocycles. The van der Waals surface area contributed by atoms with E-state index >= 15 is 0 Å². The largest absolute Gasteiger partial charge is 0.508 e. The molecule has 0 bridgehead atoms. The zero-order chi connectivity index (χ0) is 22.8. The second-order valence-electron chi connectivity index (χ2n) is 8.75. The van der Waals surface area contributed by atoms with Crippen LogP contribution in [0, 0.1) is 5.92 Å². The lowest BCUT2D eigenvalue weighted by Gasteiger charge is -2.38. The van der Waals surface area contributed by atoms with Gasteiger partial charge >= 0.3 is 0 Å². The molecule has 33 heavy (non-hydrogen) atoms. The summed E-state index contributed by atoms with van der Waals surface area (Å²) in [7, 11) is 0. The fraction of sp³-hybridized carbons (Fsp3) is 0.333. The molecule has 2 heterocycles. The summed E-state index contributed by atoms with van der Waals surface area (Å²) in [4.78, 5) is 3.32. The van der Waals surface area contributed by atoms with Crippen LogP contribution in [0.1, 0.15) is 35.8 Å². The molecule has 0 aliphatic carbocycles. The molecule has 6 heteroatoms. The van der Waals surface area contributed by atoms with Crippen molar-refractivity contribution in [1.29, 1.82) is 0 Å². The summed E-state index contributed by atoms with van der Waals surface area (Å²) in [6.07, 6.45) is 1.02. The molecule has 3 aromatic rings. The van der Waals surface area contributed by atoms with Crippen LogP contribution in [0.4, 0.5) is 0 Å². The van der Waals surface area contributed by atoms with Crippen LogP contribution in [0.2, 0.25) is 0 Å². The van der Waals surface area contributed by atoms with Crippen molar-refractivity contribution in [3.63, 3.8) is 0 Å².